The van der Waals surface area contributed by atoms with Crippen LogP contribution in [0.1, 0.15) is 23.7 Å². The van der Waals surface area contributed by atoms with Crippen LogP contribution in [0, 0.1) is 0 Å². The van der Waals surface area contributed by atoms with Gasteiger partial charge >= 0.3 is 0 Å². The molecule has 96 valence electrons. The Balaban J connectivity index is 1.93. The third-order valence-electron chi connectivity index (χ3n) is 3.11. The molecule has 0 aliphatic carbocycles. The van der Waals surface area contributed by atoms with Gasteiger partial charge in [-0.2, -0.15) is 0 Å². The van der Waals surface area contributed by atoms with Crippen molar-refractivity contribution in [1.82, 2.24) is 14.8 Å². The molecule has 0 bridgehead atoms. The summed E-state index contributed by atoms with van der Waals surface area (Å²) in [6, 6.07) is 0. The SMILES string of the molecule is CN1CCN(Cc2ncc(C(C)(C)O)s2)CC1. The van der Waals surface area contributed by atoms with Crippen molar-refractivity contribution in [1.29, 1.82) is 0 Å². The normalized spacial score (nSPS) is 19.8. The highest BCUT2D eigenvalue weighted by Gasteiger charge is 2.21. The van der Waals surface area contributed by atoms with E-state index in [-0.39, 0.29) is 0 Å². The Hall–Kier alpha value is -0.490. The molecule has 1 fully saturated rings. The summed E-state index contributed by atoms with van der Waals surface area (Å²) in [6.45, 7) is 8.99. The van der Waals surface area contributed by atoms with Gasteiger partial charge in [0.1, 0.15) is 5.01 Å². The number of aromatic nitrogens is 1. The average molecular weight is 255 g/mol. The van der Waals surface area contributed by atoms with Gasteiger partial charge in [-0.05, 0) is 20.9 Å². The number of hydrogen-bond acceptors (Lipinski definition) is 5. The van der Waals surface area contributed by atoms with Crippen LogP contribution in [0.5, 0.6) is 0 Å². The second kappa shape index (κ2) is 5.02. The van der Waals surface area contributed by atoms with E-state index in [2.05, 4.69) is 21.8 Å². The Morgan fingerprint density at radius 3 is 2.53 bits per heavy atom. The first-order valence-electron chi connectivity index (χ1n) is 6.03. The van der Waals surface area contributed by atoms with Crippen molar-refractivity contribution in [3.8, 4) is 0 Å². The van der Waals surface area contributed by atoms with Crippen LogP contribution < -0.4 is 0 Å². The highest BCUT2D eigenvalue weighted by atomic mass is 32.1. The third-order valence-corrected chi connectivity index (χ3v) is 4.41. The molecule has 4 nitrogen and oxygen atoms in total. The van der Waals surface area contributed by atoms with Gasteiger partial charge in [-0.1, -0.05) is 0 Å². The summed E-state index contributed by atoms with van der Waals surface area (Å²) < 4.78 is 0. The summed E-state index contributed by atoms with van der Waals surface area (Å²) in [7, 11) is 2.16. The number of hydrogen-bond donors (Lipinski definition) is 1. The molecule has 1 aliphatic rings. The first kappa shape index (κ1) is 13.0. The van der Waals surface area contributed by atoms with Crippen molar-refractivity contribution >= 4 is 11.3 Å². The maximum atomic E-state index is 9.89. The maximum absolute atomic E-state index is 9.89. The summed E-state index contributed by atoms with van der Waals surface area (Å²) in [6.07, 6.45) is 1.80. The van der Waals surface area contributed by atoms with Gasteiger partial charge < -0.3 is 10.0 Å². The first-order valence-corrected chi connectivity index (χ1v) is 6.85. The van der Waals surface area contributed by atoms with E-state index in [0.717, 1.165) is 42.6 Å². The average Bonchev–Trinajstić information content (AvgIpc) is 2.69. The molecule has 0 atom stereocenters. The summed E-state index contributed by atoms with van der Waals surface area (Å²) in [5.41, 5.74) is -0.766. The van der Waals surface area contributed by atoms with Crippen molar-refractivity contribution in [2.75, 3.05) is 33.2 Å². The molecule has 1 aliphatic heterocycles. The lowest BCUT2D eigenvalue weighted by Crippen LogP contribution is -2.43. The van der Waals surface area contributed by atoms with Gasteiger partial charge in [-0.25, -0.2) is 4.98 Å². The molecule has 0 aromatic carbocycles. The van der Waals surface area contributed by atoms with Crippen LogP contribution >= 0.6 is 11.3 Å². The van der Waals surface area contributed by atoms with E-state index in [1.807, 2.05) is 0 Å². The molecule has 17 heavy (non-hydrogen) atoms. The lowest BCUT2D eigenvalue weighted by Gasteiger charge is -2.31. The molecule has 1 aromatic rings. The fraction of sp³-hybridized carbons (Fsp3) is 0.750. The topological polar surface area (TPSA) is 39.6 Å². The van der Waals surface area contributed by atoms with Crippen LogP contribution in [0.25, 0.3) is 0 Å². The van der Waals surface area contributed by atoms with Gasteiger partial charge in [0, 0.05) is 32.4 Å². The number of piperazine rings is 1. The predicted octanol–water partition coefficient (Wildman–Crippen LogP) is 1.12. The number of rotatable bonds is 3. The standard InChI is InChI=1S/C12H21N3OS/c1-12(2,16)10-8-13-11(17-10)9-15-6-4-14(3)5-7-15/h8,16H,4-7,9H2,1-3H3. The molecule has 1 saturated heterocycles. The molecule has 5 heteroatoms. The molecular weight excluding hydrogens is 234 g/mol. The van der Waals surface area contributed by atoms with E-state index >= 15 is 0 Å². The number of aliphatic hydroxyl groups is 1. The number of thiazole rings is 1. The van der Waals surface area contributed by atoms with Crippen molar-refractivity contribution < 1.29 is 5.11 Å². The minimum Gasteiger partial charge on any atom is -0.385 e. The van der Waals surface area contributed by atoms with E-state index in [9.17, 15) is 5.11 Å². The third kappa shape index (κ3) is 3.48. The molecule has 0 radical (unpaired) electrons. The summed E-state index contributed by atoms with van der Waals surface area (Å²) in [5, 5.41) is 11.0. The van der Waals surface area contributed by atoms with Crippen LogP contribution in [0.3, 0.4) is 0 Å². The van der Waals surface area contributed by atoms with Gasteiger partial charge in [0.15, 0.2) is 0 Å². The second-order valence-electron chi connectivity index (χ2n) is 5.26. The molecule has 0 unspecified atom stereocenters. The van der Waals surface area contributed by atoms with Crippen molar-refractivity contribution in [3.63, 3.8) is 0 Å². The highest BCUT2D eigenvalue weighted by Crippen LogP contribution is 2.26. The minimum absolute atomic E-state index is 0.766. The summed E-state index contributed by atoms with van der Waals surface area (Å²) in [4.78, 5) is 10.1. The number of likely N-dealkylation sites (N-methyl/N-ethyl adjacent to an activating group) is 1. The van der Waals surface area contributed by atoms with Crippen molar-refractivity contribution in [2.24, 2.45) is 0 Å². The maximum Gasteiger partial charge on any atom is 0.107 e. The molecule has 2 heterocycles. The van der Waals surface area contributed by atoms with Gasteiger partial charge in [-0.3, -0.25) is 4.90 Å². The van der Waals surface area contributed by atoms with Crippen LogP contribution in [0.4, 0.5) is 0 Å². The van der Waals surface area contributed by atoms with Crippen molar-refractivity contribution in [3.05, 3.63) is 16.1 Å². The van der Waals surface area contributed by atoms with E-state index in [4.69, 9.17) is 0 Å². The minimum atomic E-state index is -0.766. The molecular formula is C12H21N3OS. The smallest absolute Gasteiger partial charge is 0.107 e. The largest absolute Gasteiger partial charge is 0.385 e. The quantitative estimate of drug-likeness (QED) is 0.878. The zero-order valence-electron chi connectivity index (χ0n) is 10.8. The van der Waals surface area contributed by atoms with Crippen LogP contribution in [-0.2, 0) is 12.1 Å². The Morgan fingerprint density at radius 2 is 2.00 bits per heavy atom. The van der Waals surface area contributed by atoms with Gasteiger partial charge in [0.05, 0.1) is 17.0 Å². The van der Waals surface area contributed by atoms with Crippen LogP contribution in [0.2, 0.25) is 0 Å². The molecule has 1 N–H and O–H groups in total. The van der Waals surface area contributed by atoms with E-state index in [1.54, 1.807) is 31.4 Å². The van der Waals surface area contributed by atoms with Crippen LogP contribution in [0.15, 0.2) is 6.20 Å². The molecule has 0 spiro atoms. The Kier molecular flexibility index (Phi) is 3.82. The molecule has 0 amide bonds. The lowest BCUT2D eigenvalue weighted by molar-refractivity contribution is 0.0823. The molecule has 0 saturated carbocycles. The lowest BCUT2D eigenvalue weighted by atomic mass is 10.1. The highest BCUT2D eigenvalue weighted by molar-refractivity contribution is 7.11. The zero-order chi connectivity index (χ0) is 12.5. The van der Waals surface area contributed by atoms with Gasteiger partial charge in [-0.15, -0.1) is 11.3 Å². The zero-order valence-corrected chi connectivity index (χ0v) is 11.6. The fourth-order valence-electron chi connectivity index (χ4n) is 1.86. The summed E-state index contributed by atoms with van der Waals surface area (Å²) >= 11 is 1.62. The second-order valence-corrected chi connectivity index (χ2v) is 6.37. The Morgan fingerprint density at radius 1 is 1.35 bits per heavy atom. The first-order chi connectivity index (χ1) is 7.95. The van der Waals surface area contributed by atoms with E-state index < -0.39 is 5.60 Å². The predicted molar refractivity (Wildman–Crippen MR) is 70.1 cm³/mol. The summed E-state index contributed by atoms with van der Waals surface area (Å²) in [5.74, 6) is 0. The number of nitrogens with zero attached hydrogens (tertiary/aromatic N) is 3. The van der Waals surface area contributed by atoms with Crippen LogP contribution in [-0.4, -0.2) is 53.1 Å². The molecule has 1 aromatic heterocycles. The monoisotopic (exact) mass is 255 g/mol. The Bertz CT molecular complexity index is 364. The van der Waals surface area contributed by atoms with Crippen molar-refractivity contribution in [2.45, 2.75) is 26.0 Å². The van der Waals surface area contributed by atoms with E-state index in [0.29, 0.717) is 0 Å². The molecule has 2 rings (SSSR count). The van der Waals surface area contributed by atoms with Gasteiger partial charge in [0.2, 0.25) is 0 Å². The van der Waals surface area contributed by atoms with E-state index in [1.165, 1.54) is 0 Å². The fourth-order valence-corrected chi connectivity index (χ4v) is 2.83. The van der Waals surface area contributed by atoms with Gasteiger partial charge in [0.25, 0.3) is 0 Å². The Labute approximate surface area is 107 Å².